The number of rotatable bonds is 2. The van der Waals surface area contributed by atoms with E-state index in [4.69, 9.17) is 5.11 Å². The number of nitrogens with one attached hydrogen (secondary N) is 1. The van der Waals surface area contributed by atoms with Crippen LogP contribution in [0.2, 0.25) is 0 Å². The van der Waals surface area contributed by atoms with Crippen LogP contribution in [0.25, 0.3) is 0 Å². The third-order valence-corrected chi connectivity index (χ3v) is 0.824. The van der Waals surface area contributed by atoms with Crippen LogP contribution < -0.4 is 5.32 Å². The second-order valence-corrected chi connectivity index (χ2v) is 1.65. The third kappa shape index (κ3) is 2.92. The van der Waals surface area contributed by atoms with Gasteiger partial charge in [0.1, 0.15) is 0 Å². The summed E-state index contributed by atoms with van der Waals surface area (Å²) in [5.41, 5.74) is -1.61. The van der Waals surface area contributed by atoms with Gasteiger partial charge in [0, 0.05) is 13.2 Å². The van der Waals surface area contributed by atoms with Gasteiger partial charge >= 0.3 is 12.1 Å². The van der Waals surface area contributed by atoms with Crippen LogP contribution in [0.1, 0.15) is 0 Å². The summed E-state index contributed by atoms with van der Waals surface area (Å²) in [5, 5.41) is 10.0. The minimum Gasteiger partial charge on any atom is -0.478 e. The number of halogens is 3. The maximum atomic E-state index is 11.7. The van der Waals surface area contributed by atoms with Crippen LogP contribution in [0.3, 0.4) is 0 Å². The lowest BCUT2D eigenvalue weighted by Gasteiger charge is -2.05. The van der Waals surface area contributed by atoms with Crippen molar-refractivity contribution >= 4 is 5.97 Å². The van der Waals surface area contributed by atoms with E-state index in [9.17, 15) is 18.0 Å². The second-order valence-electron chi connectivity index (χ2n) is 1.65. The highest BCUT2D eigenvalue weighted by atomic mass is 19.4. The molecule has 3 nitrogen and oxygen atoms in total. The number of hydrogen-bond acceptors (Lipinski definition) is 2. The molecule has 0 aliphatic rings. The van der Waals surface area contributed by atoms with E-state index < -0.39 is 17.7 Å². The molecule has 0 amide bonds. The number of carboxylic acids is 1. The van der Waals surface area contributed by atoms with Crippen molar-refractivity contribution < 1.29 is 23.1 Å². The average molecular weight is 169 g/mol. The molecule has 0 heterocycles. The number of carbonyl (C=O) groups is 1. The Balaban J connectivity index is 4.63. The van der Waals surface area contributed by atoms with Crippen molar-refractivity contribution in [2.75, 3.05) is 7.05 Å². The van der Waals surface area contributed by atoms with Crippen LogP contribution in [0, 0.1) is 0 Å². The summed E-state index contributed by atoms with van der Waals surface area (Å²) in [6.45, 7) is 0. The summed E-state index contributed by atoms with van der Waals surface area (Å²) < 4.78 is 35.0. The lowest BCUT2D eigenvalue weighted by molar-refractivity contribution is -0.144. The fraction of sp³-hybridized carbons (Fsp3) is 0.400. The molecular formula is C5H6F3NO2. The van der Waals surface area contributed by atoms with Crippen LogP contribution >= 0.6 is 0 Å². The highest BCUT2D eigenvalue weighted by Crippen LogP contribution is 2.24. The average Bonchev–Trinajstić information content (AvgIpc) is 1.79. The minimum atomic E-state index is -4.81. The molecular weight excluding hydrogens is 163 g/mol. The monoisotopic (exact) mass is 169 g/mol. The summed E-state index contributed by atoms with van der Waals surface area (Å²) in [4.78, 5) is 9.91. The van der Waals surface area contributed by atoms with Crippen molar-refractivity contribution in [2.45, 2.75) is 6.18 Å². The van der Waals surface area contributed by atoms with E-state index in [1.807, 2.05) is 5.32 Å². The molecule has 6 heteroatoms. The molecule has 0 atom stereocenters. The molecule has 0 radical (unpaired) electrons. The largest absolute Gasteiger partial charge is 0.478 e. The van der Waals surface area contributed by atoms with Crippen molar-refractivity contribution in [3.63, 3.8) is 0 Å². The molecule has 0 saturated heterocycles. The van der Waals surface area contributed by atoms with Gasteiger partial charge in [-0.1, -0.05) is 0 Å². The first kappa shape index (κ1) is 9.80. The quantitative estimate of drug-likeness (QED) is 0.599. The summed E-state index contributed by atoms with van der Waals surface area (Å²) in [6.07, 6.45) is -4.42. The van der Waals surface area contributed by atoms with Crippen LogP contribution in [0.5, 0.6) is 0 Å². The van der Waals surface area contributed by atoms with E-state index in [-0.39, 0.29) is 0 Å². The molecule has 0 aromatic rings. The predicted octanol–water partition coefficient (Wildman–Crippen LogP) is 0.737. The van der Waals surface area contributed by atoms with Gasteiger partial charge in [-0.15, -0.1) is 0 Å². The number of carboxylic acid groups (broad SMARTS) is 1. The number of aliphatic carboxylic acids is 1. The molecule has 0 aromatic heterocycles. The van der Waals surface area contributed by atoms with Gasteiger partial charge in [0.15, 0.2) is 5.57 Å². The topological polar surface area (TPSA) is 49.3 Å². The fourth-order valence-corrected chi connectivity index (χ4v) is 0.409. The summed E-state index contributed by atoms with van der Waals surface area (Å²) in [6, 6.07) is 0. The third-order valence-electron chi connectivity index (χ3n) is 0.824. The first-order valence-corrected chi connectivity index (χ1v) is 2.57. The molecule has 0 bridgehead atoms. The summed E-state index contributed by atoms with van der Waals surface area (Å²) >= 11 is 0. The Labute approximate surface area is 60.5 Å². The van der Waals surface area contributed by atoms with E-state index in [0.717, 1.165) is 0 Å². The van der Waals surface area contributed by atoms with E-state index in [0.29, 0.717) is 6.20 Å². The van der Waals surface area contributed by atoms with Gasteiger partial charge < -0.3 is 10.4 Å². The van der Waals surface area contributed by atoms with Gasteiger partial charge in [-0.25, -0.2) is 4.79 Å². The lowest BCUT2D eigenvalue weighted by atomic mass is 10.3. The van der Waals surface area contributed by atoms with Crippen molar-refractivity contribution in [1.82, 2.24) is 5.32 Å². The van der Waals surface area contributed by atoms with Crippen molar-refractivity contribution in [3.05, 3.63) is 11.8 Å². The lowest BCUT2D eigenvalue weighted by Crippen LogP contribution is -2.21. The van der Waals surface area contributed by atoms with E-state index >= 15 is 0 Å². The van der Waals surface area contributed by atoms with Gasteiger partial charge in [-0.3, -0.25) is 0 Å². The van der Waals surface area contributed by atoms with Crippen molar-refractivity contribution in [2.24, 2.45) is 0 Å². The predicted molar refractivity (Wildman–Crippen MR) is 30.8 cm³/mol. The SMILES string of the molecule is CN/C=C(\C(=O)O)C(F)(F)F. The molecule has 11 heavy (non-hydrogen) atoms. The Morgan fingerprint density at radius 2 is 2.00 bits per heavy atom. The molecule has 0 saturated carbocycles. The molecule has 0 rings (SSSR count). The van der Waals surface area contributed by atoms with Crippen LogP contribution in [0.15, 0.2) is 11.8 Å². The molecule has 0 aromatic carbocycles. The van der Waals surface area contributed by atoms with Gasteiger partial charge in [0.05, 0.1) is 0 Å². The van der Waals surface area contributed by atoms with Crippen molar-refractivity contribution in [3.8, 4) is 0 Å². The number of alkyl halides is 3. The maximum Gasteiger partial charge on any atom is 0.424 e. The molecule has 2 N–H and O–H groups in total. The van der Waals surface area contributed by atoms with Gasteiger partial charge in [-0.05, 0) is 0 Å². The van der Waals surface area contributed by atoms with E-state index in [2.05, 4.69) is 0 Å². The maximum absolute atomic E-state index is 11.7. The first-order chi connectivity index (χ1) is 4.89. The smallest absolute Gasteiger partial charge is 0.424 e. The van der Waals surface area contributed by atoms with E-state index in [1.54, 1.807) is 0 Å². The van der Waals surface area contributed by atoms with Gasteiger partial charge in [0.25, 0.3) is 0 Å². The molecule has 0 fully saturated rings. The second kappa shape index (κ2) is 3.27. The Bertz CT molecular complexity index is 185. The van der Waals surface area contributed by atoms with E-state index in [1.165, 1.54) is 7.05 Å². The molecule has 0 unspecified atom stereocenters. The standard InChI is InChI=1S/C5H6F3NO2/c1-9-2-3(4(10)11)5(6,7)8/h2,9H,1H3,(H,10,11)/b3-2+. The highest BCUT2D eigenvalue weighted by molar-refractivity contribution is 5.87. The summed E-state index contributed by atoms with van der Waals surface area (Å²) in [7, 11) is 1.19. The Hall–Kier alpha value is -1.20. The molecule has 0 spiro atoms. The van der Waals surface area contributed by atoms with Crippen LogP contribution in [0.4, 0.5) is 13.2 Å². The molecule has 0 aliphatic heterocycles. The highest BCUT2D eigenvalue weighted by Gasteiger charge is 2.38. The van der Waals surface area contributed by atoms with Crippen molar-refractivity contribution in [1.29, 1.82) is 0 Å². The zero-order valence-corrected chi connectivity index (χ0v) is 5.57. The summed E-state index contributed by atoms with van der Waals surface area (Å²) in [5.74, 6) is -1.99. The molecule has 0 aliphatic carbocycles. The fourth-order valence-electron chi connectivity index (χ4n) is 0.409. The molecule has 64 valence electrons. The Kier molecular flexibility index (Phi) is 2.91. The van der Waals surface area contributed by atoms with Crippen LogP contribution in [-0.2, 0) is 4.79 Å². The Morgan fingerprint density at radius 1 is 1.55 bits per heavy atom. The Morgan fingerprint density at radius 3 is 2.09 bits per heavy atom. The minimum absolute atomic E-state index is 0.391. The van der Waals surface area contributed by atoms with Gasteiger partial charge in [-0.2, -0.15) is 13.2 Å². The first-order valence-electron chi connectivity index (χ1n) is 2.57. The zero-order chi connectivity index (χ0) is 9.07. The number of hydrogen-bond donors (Lipinski definition) is 2. The van der Waals surface area contributed by atoms with Crippen LogP contribution in [-0.4, -0.2) is 24.3 Å². The normalized spacial score (nSPS) is 12.9. The van der Waals surface area contributed by atoms with Gasteiger partial charge in [0.2, 0.25) is 0 Å². The zero-order valence-electron chi connectivity index (χ0n) is 5.57.